The molecule has 0 radical (unpaired) electrons. The molecular formula is C45H44O11. The predicted octanol–water partition coefficient (Wildman–Crippen LogP) is 6.28. The van der Waals surface area contributed by atoms with Crippen molar-refractivity contribution < 1.29 is 52.6 Å². The van der Waals surface area contributed by atoms with Crippen LogP contribution in [0.3, 0.4) is 0 Å². The first-order chi connectivity index (χ1) is 27.5. The van der Waals surface area contributed by atoms with Crippen LogP contribution in [0.15, 0.2) is 152 Å². The molecular weight excluding hydrogens is 716 g/mol. The van der Waals surface area contributed by atoms with Crippen molar-refractivity contribution in [3.63, 3.8) is 0 Å². The molecule has 5 aromatic rings. The number of carbonyl (C=O) groups is 2. The molecule has 2 saturated heterocycles. The average Bonchev–Trinajstić information content (AvgIpc) is 3.73. The molecule has 2 fully saturated rings. The molecule has 0 saturated carbocycles. The summed E-state index contributed by atoms with van der Waals surface area (Å²) in [5, 5.41) is 11.2. The van der Waals surface area contributed by atoms with Crippen molar-refractivity contribution in [3.05, 3.63) is 179 Å². The minimum Gasteiger partial charge on any atom is -0.459 e. The third kappa shape index (κ3) is 10.3. The van der Waals surface area contributed by atoms with Crippen molar-refractivity contribution in [3.8, 4) is 0 Å². The third-order valence-electron chi connectivity index (χ3n) is 9.45. The lowest BCUT2D eigenvalue weighted by atomic mass is 10.1. The zero-order chi connectivity index (χ0) is 38.5. The molecule has 2 heterocycles. The highest BCUT2D eigenvalue weighted by Crippen LogP contribution is 2.35. The van der Waals surface area contributed by atoms with Crippen molar-refractivity contribution in [1.82, 2.24) is 0 Å². The fourth-order valence-corrected chi connectivity index (χ4v) is 6.58. The van der Waals surface area contributed by atoms with Crippen molar-refractivity contribution in [2.45, 2.75) is 69.0 Å². The fourth-order valence-electron chi connectivity index (χ4n) is 6.58. The maximum atomic E-state index is 13.3. The summed E-state index contributed by atoms with van der Waals surface area (Å²) in [6, 6.07) is 46.1. The largest absolute Gasteiger partial charge is 0.459 e. The molecule has 11 nitrogen and oxygen atoms in total. The second-order valence-corrected chi connectivity index (χ2v) is 13.4. The van der Waals surface area contributed by atoms with Crippen LogP contribution >= 0.6 is 0 Å². The maximum absolute atomic E-state index is 13.3. The molecule has 0 aliphatic carbocycles. The normalized spacial score (nSPS) is 24.4. The standard InChI is InChI=1S/C45H44O11/c46-42(34-22-12-4-13-23-34)52-30-37-39(40(44(48)53-37)55-43(47)35-24-14-5-15-25-35)56-45-41(51-28-33-20-10-3-11-21-33)38(50-27-32-18-8-2-9-19-32)36(54-45)29-49-26-31-16-6-1-7-17-31/h1-25,36-41,44-45,48H,26-30H2/t36-,37-,38-,39-,40+,41+,44+,45-/m1/s1. The Kier molecular flexibility index (Phi) is 13.6. The molecule has 2 aliphatic rings. The Bertz CT molecular complexity index is 1930. The van der Waals surface area contributed by atoms with Gasteiger partial charge in [-0.15, -0.1) is 0 Å². The highest BCUT2D eigenvalue weighted by atomic mass is 16.8. The monoisotopic (exact) mass is 760 g/mol. The first-order valence-corrected chi connectivity index (χ1v) is 18.6. The number of benzene rings is 5. The van der Waals surface area contributed by atoms with Crippen LogP contribution in [0.2, 0.25) is 0 Å². The molecule has 290 valence electrons. The summed E-state index contributed by atoms with van der Waals surface area (Å²) in [5.74, 6) is -1.30. The summed E-state index contributed by atoms with van der Waals surface area (Å²) < 4.78 is 50.0. The summed E-state index contributed by atoms with van der Waals surface area (Å²) in [4.78, 5) is 26.3. The summed E-state index contributed by atoms with van der Waals surface area (Å²) in [7, 11) is 0. The quantitative estimate of drug-likeness (QED) is 0.108. The lowest BCUT2D eigenvalue weighted by Gasteiger charge is -2.29. The zero-order valence-corrected chi connectivity index (χ0v) is 30.6. The average molecular weight is 761 g/mol. The van der Waals surface area contributed by atoms with Crippen LogP contribution in [0.25, 0.3) is 0 Å². The predicted molar refractivity (Wildman–Crippen MR) is 203 cm³/mol. The van der Waals surface area contributed by atoms with Gasteiger partial charge >= 0.3 is 11.9 Å². The van der Waals surface area contributed by atoms with Crippen LogP contribution in [-0.4, -0.2) is 79.5 Å². The van der Waals surface area contributed by atoms with Gasteiger partial charge in [0.1, 0.15) is 37.1 Å². The van der Waals surface area contributed by atoms with Crippen LogP contribution in [0.4, 0.5) is 0 Å². The van der Waals surface area contributed by atoms with E-state index in [-0.39, 0.29) is 32.0 Å². The minimum atomic E-state index is -1.62. The van der Waals surface area contributed by atoms with Gasteiger partial charge in [0, 0.05) is 0 Å². The van der Waals surface area contributed by atoms with Gasteiger partial charge in [0.15, 0.2) is 18.7 Å². The van der Waals surface area contributed by atoms with E-state index in [4.69, 9.17) is 37.9 Å². The van der Waals surface area contributed by atoms with Crippen LogP contribution in [0.1, 0.15) is 37.4 Å². The fraction of sp³-hybridized carbons (Fsp3) is 0.289. The Labute approximate surface area is 325 Å². The SMILES string of the molecule is O=C(OC[C@H]1O[C@H](O)[C@@H](OC(=O)c2ccccc2)[C@@H]1O[C@H]1O[C@H](COCc2ccccc2)[C@@H](OCc2ccccc2)[C@@H]1OCc1ccccc1)c1ccccc1. The molecule has 7 rings (SSSR count). The number of rotatable bonds is 17. The van der Waals surface area contributed by atoms with E-state index < -0.39 is 61.1 Å². The lowest BCUT2D eigenvalue weighted by Crippen LogP contribution is -2.46. The van der Waals surface area contributed by atoms with Crippen LogP contribution < -0.4 is 0 Å². The van der Waals surface area contributed by atoms with Crippen molar-refractivity contribution in [1.29, 1.82) is 0 Å². The molecule has 0 amide bonds. The Balaban J connectivity index is 1.16. The number of ether oxygens (including phenoxy) is 8. The van der Waals surface area contributed by atoms with Crippen LogP contribution in [-0.2, 0) is 57.7 Å². The molecule has 0 unspecified atom stereocenters. The molecule has 8 atom stereocenters. The number of aliphatic hydroxyl groups excluding tert-OH is 1. The smallest absolute Gasteiger partial charge is 0.338 e. The number of esters is 2. The van der Waals surface area contributed by atoms with Crippen LogP contribution in [0, 0.1) is 0 Å². The number of carbonyl (C=O) groups excluding carboxylic acids is 2. The van der Waals surface area contributed by atoms with Gasteiger partial charge in [-0.05, 0) is 41.0 Å². The van der Waals surface area contributed by atoms with Gasteiger partial charge in [0.05, 0.1) is 37.6 Å². The topological polar surface area (TPSA) is 128 Å². The van der Waals surface area contributed by atoms with Crippen molar-refractivity contribution in [2.75, 3.05) is 13.2 Å². The van der Waals surface area contributed by atoms with Crippen molar-refractivity contribution >= 4 is 11.9 Å². The number of aliphatic hydroxyl groups is 1. The Morgan fingerprint density at radius 3 is 1.52 bits per heavy atom. The number of hydrogen-bond donors (Lipinski definition) is 1. The molecule has 0 spiro atoms. The summed E-state index contributed by atoms with van der Waals surface area (Å²) >= 11 is 0. The van der Waals surface area contributed by atoms with Gasteiger partial charge in [0.2, 0.25) is 0 Å². The van der Waals surface area contributed by atoms with Crippen molar-refractivity contribution in [2.24, 2.45) is 0 Å². The molecule has 5 aromatic carbocycles. The first kappa shape index (κ1) is 39.0. The van der Waals surface area contributed by atoms with Gasteiger partial charge in [-0.1, -0.05) is 127 Å². The van der Waals surface area contributed by atoms with Gasteiger partial charge in [0.25, 0.3) is 0 Å². The van der Waals surface area contributed by atoms with E-state index in [1.807, 2.05) is 91.0 Å². The van der Waals surface area contributed by atoms with Crippen LogP contribution in [0.5, 0.6) is 0 Å². The zero-order valence-electron chi connectivity index (χ0n) is 30.6. The van der Waals surface area contributed by atoms with Gasteiger partial charge in [-0.2, -0.15) is 0 Å². The highest BCUT2D eigenvalue weighted by molar-refractivity contribution is 5.90. The molecule has 11 heteroatoms. The molecule has 1 N–H and O–H groups in total. The second kappa shape index (κ2) is 19.6. The van der Waals surface area contributed by atoms with Gasteiger partial charge in [-0.25, -0.2) is 9.59 Å². The Morgan fingerprint density at radius 2 is 0.964 bits per heavy atom. The molecule has 2 aliphatic heterocycles. The second-order valence-electron chi connectivity index (χ2n) is 13.4. The summed E-state index contributed by atoms with van der Waals surface area (Å²) in [5.41, 5.74) is 3.45. The molecule has 0 aromatic heterocycles. The highest BCUT2D eigenvalue weighted by Gasteiger charge is 2.54. The van der Waals surface area contributed by atoms with E-state index in [2.05, 4.69) is 0 Å². The first-order valence-electron chi connectivity index (χ1n) is 18.6. The Morgan fingerprint density at radius 1 is 0.500 bits per heavy atom. The van der Waals surface area contributed by atoms with E-state index in [9.17, 15) is 14.7 Å². The van der Waals surface area contributed by atoms with Gasteiger partial charge in [-0.3, -0.25) is 0 Å². The minimum absolute atomic E-state index is 0.133. The van der Waals surface area contributed by atoms with E-state index in [0.717, 1.165) is 16.7 Å². The van der Waals surface area contributed by atoms with Gasteiger partial charge < -0.3 is 43.0 Å². The van der Waals surface area contributed by atoms with E-state index >= 15 is 0 Å². The Hall–Kier alpha value is -5.24. The molecule has 56 heavy (non-hydrogen) atoms. The van der Waals surface area contributed by atoms with E-state index in [0.29, 0.717) is 12.2 Å². The van der Waals surface area contributed by atoms with E-state index in [1.165, 1.54) is 0 Å². The maximum Gasteiger partial charge on any atom is 0.338 e. The number of hydrogen-bond acceptors (Lipinski definition) is 11. The summed E-state index contributed by atoms with van der Waals surface area (Å²) in [6.07, 6.45) is -8.51. The molecule has 0 bridgehead atoms. The third-order valence-corrected chi connectivity index (χ3v) is 9.45. The summed E-state index contributed by atoms with van der Waals surface area (Å²) in [6.45, 7) is 0.596. The lowest BCUT2D eigenvalue weighted by molar-refractivity contribution is -0.225. The van der Waals surface area contributed by atoms with E-state index in [1.54, 1.807) is 60.7 Å².